The van der Waals surface area contributed by atoms with E-state index in [1.165, 1.54) is 19.1 Å². The number of nitrogens with zero attached hydrogens (tertiary/aromatic N) is 2. The monoisotopic (exact) mass is 557 g/mol. The van der Waals surface area contributed by atoms with Crippen LogP contribution in [-0.2, 0) is 32.6 Å². The molecule has 0 heterocycles. The Labute approximate surface area is 229 Å². The maximum atomic E-state index is 14.0. The quantitative estimate of drug-likeness (QED) is 0.387. The zero-order chi connectivity index (χ0) is 27.9. The Bertz CT molecular complexity index is 1380. The number of aryl methyl sites for hydroxylation is 1. The maximum absolute atomic E-state index is 14.0. The molecule has 3 aromatic carbocycles. The molecule has 0 bridgehead atoms. The molecule has 0 fully saturated rings. The highest BCUT2D eigenvalue weighted by Gasteiger charge is 2.33. The van der Waals surface area contributed by atoms with E-state index in [1.807, 2.05) is 37.3 Å². The van der Waals surface area contributed by atoms with Crippen molar-refractivity contribution >= 4 is 39.1 Å². The third-order valence-electron chi connectivity index (χ3n) is 6.04. The van der Waals surface area contributed by atoms with Crippen LogP contribution in [-0.4, -0.2) is 58.1 Å². The highest BCUT2D eigenvalue weighted by molar-refractivity contribution is 7.92. The molecule has 0 saturated heterocycles. The van der Waals surface area contributed by atoms with Crippen molar-refractivity contribution in [1.82, 2.24) is 10.2 Å². The fourth-order valence-electron chi connectivity index (χ4n) is 4.14. The van der Waals surface area contributed by atoms with Gasteiger partial charge < -0.3 is 15.0 Å². The Balaban J connectivity index is 2.07. The van der Waals surface area contributed by atoms with E-state index in [1.54, 1.807) is 42.5 Å². The topological polar surface area (TPSA) is 96.0 Å². The molecule has 8 nitrogen and oxygen atoms in total. The van der Waals surface area contributed by atoms with Crippen LogP contribution >= 0.6 is 11.6 Å². The van der Waals surface area contributed by atoms with Crippen molar-refractivity contribution in [2.45, 2.75) is 25.9 Å². The van der Waals surface area contributed by atoms with E-state index in [0.29, 0.717) is 16.3 Å². The zero-order valence-corrected chi connectivity index (χ0v) is 23.4. The van der Waals surface area contributed by atoms with Gasteiger partial charge in [0.25, 0.3) is 0 Å². The van der Waals surface area contributed by atoms with Gasteiger partial charge in [0, 0.05) is 25.0 Å². The normalized spacial score (nSPS) is 11.9. The van der Waals surface area contributed by atoms with E-state index in [9.17, 15) is 18.0 Å². The van der Waals surface area contributed by atoms with Gasteiger partial charge >= 0.3 is 0 Å². The number of sulfonamides is 1. The predicted octanol–water partition coefficient (Wildman–Crippen LogP) is 3.81. The SMILES string of the molecule is CNC(=O)[C@H](Cc1ccccc1)N(Cc1cccc(Cl)c1)C(=O)CN(c1cc(C)ccc1OC)S(C)(=O)=O. The number of nitrogens with one attached hydrogen (secondary N) is 1. The summed E-state index contributed by atoms with van der Waals surface area (Å²) in [4.78, 5) is 28.5. The fraction of sp³-hybridized carbons (Fsp3) is 0.286. The Morgan fingerprint density at radius 2 is 1.68 bits per heavy atom. The summed E-state index contributed by atoms with van der Waals surface area (Å²) in [6.07, 6.45) is 1.27. The predicted molar refractivity (Wildman–Crippen MR) is 150 cm³/mol. The molecule has 38 heavy (non-hydrogen) atoms. The molecule has 0 aromatic heterocycles. The van der Waals surface area contributed by atoms with Crippen molar-refractivity contribution in [1.29, 1.82) is 0 Å². The van der Waals surface area contributed by atoms with E-state index < -0.39 is 28.5 Å². The van der Waals surface area contributed by atoms with Crippen molar-refractivity contribution in [2.75, 3.05) is 31.3 Å². The molecule has 0 saturated carbocycles. The standard InChI is InChI=1S/C28H32ClN3O5S/c1-20-13-14-26(37-3)24(15-20)32(38(4,35)36)19-27(33)31(18-22-11-8-12-23(29)16-22)25(28(34)30-2)17-21-9-6-5-7-10-21/h5-16,25H,17-19H2,1-4H3,(H,30,34)/t25-/m0/s1. The molecule has 0 radical (unpaired) electrons. The zero-order valence-electron chi connectivity index (χ0n) is 21.8. The van der Waals surface area contributed by atoms with E-state index in [0.717, 1.165) is 21.7 Å². The Kier molecular flexibility index (Phi) is 9.77. The second-order valence-electron chi connectivity index (χ2n) is 8.92. The van der Waals surface area contributed by atoms with Crippen molar-refractivity contribution in [3.8, 4) is 5.75 Å². The first-order valence-corrected chi connectivity index (χ1v) is 14.2. The minimum absolute atomic E-state index is 0.0485. The number of anilines is 1. The van der Waals surface area contributed by atoms with Gasteiger partial charge in [-0.15, -0.1) is 0 Å². The summed E-state index contributed by atoms with van der Waals surface area (Å²) in [6.45, 7) is 1.34. The van der Waals surface area contributed by atoms with Gasteiger partial charge in [0.1, 0.15) is 18.3 Å². The number of benzene rings is 3. The van der Waals surface area contributed by atoms with Crippen LogP contribution in [0.4, 0.5) is 5.69 Å². The molecule has 3 rings (SSSR count). The first-order valence-electron chi connectivity index (χ1n) is 11.9. The number of likely N-dealkylation sites (N-methyl/N-ethyl adjacent to an activating group) is 1. The number of halogens is 1. The largest absolute Gasteiger partial charge is 0.495 e. The Morgan fingerprint density at radius 3 is 2.29 bits per heavy atom. The van der Waals surface area contributed by atoms with Gasteiger partial charge in [0.05, 0.1) is 19.1 Å². The summed E-state index contributed by atoms with van der Waals surface area (Å²) < 4.78 is 32.3. The Morgan fingerprint density at radius 1 is 1.00 bits per heavy atom. The third-order valence-corrected chi connectivity index (χ3v) is 7.40. The van der Waals surface area contributed by atoms with Crippen LogP contribution in [0.15, 0.2) is 72.8 Å². The number of carbonyl (C=O) groups is 2. The van der Waals surface area contributed by atoms with Crippen LogP contribution in [0, 0.1) is 6.92 Å². The van der Waals surface area contributed by atoms with Gasteiger partial charge in [-0.25, -0.2) is 8.42 Å². The van der Waals surface area contributed by atoms with E-state index in [-0.39, 0.29) is 24.6 Å². The second kappa shape index (κ2) is 12.8. The first-order chi connectivity index (χ1) is 18.0. The van der Waals surface area contributed by atoms with Crippen LogP contribution in [0.3, 0.4) is 0 Å². The summed E-state index contributed by atoms with van der Waals surface area (Å²) >= 11 is 6.20. The molecule has 1 N–H and O–H groups in total. The summed E-state index contributed by atoms with van der Waals surface area (Å²) in [5.74, 6) is -0.617. The van der Waals surface area contributed by atoms with Crippen LogP contribution < -0.4 is 14.4 Å². The van der Waals surface area contributed by atoms with Crippen LogP contribution in [0.2, 0.25) is 5.02 Å². The van der Waals surface area contributed by atoms with Gasteiger partial charge in [-0.2, -0.15) is 0 Å². The average Bonchev–Trinajstić information content (AvgIpc) is 2.88. The van der Waals surface area contributed by atoms with Gasteiger partial charge in [-0.05, 0) is 47.9 Å². The number of hydrogen-bond donors (Lipinski definition) is 1. The van der Waals surface area contributed by atoms with Gasteiger partial charge in [-0.1, -0.05) is 60.1 Å². The molecule has 2 amide bonds. The van der Waals surface area contributed by atoms with Crippen LogP contribution in [0.5, 0.6) is 5.75 Å². The van der Waals surface area contributed by atoms with Crippen molar-refractivity contribution < 1.29 is 22.7 Å². The smallest absolute Gasteiger partial charge is 0.244 e. The number of ether oxygens (including phenoxy) is 1. The molecule has 0 aliphatic heterocycles. The van der Waals surface area contributed by atoms with E-state index in [4.69, 9.17) is 16.3 Å². The summed E-state index contributed by atoms with van der Waals surface area (Å²) in [5.41, 5.74) is 2.59. The second-order valence-corrected chi connectivity index (χ2v) is 11.3. The molecule has 0 aliphatic carbocycles. The van der Waals surface area contributed by atoms with Crippen LogP contribution in [0.1, 0.15) is 16.7 Å². The lowest BCUT2D eigenvalue weighted by Gasteiger charge is -2.33. The van der Waals surface area contributed by atoms with Gasteiger partial charge in [0.15, 0.2) is 0 Å². The summed E-state index contributed by atoms with van der Waals surface area (Å²) in [7, 11) is -0.965. The number of hydrogen-bond acceptors (Lipinski definition) is 5. The minimum atomic E-state index is -3.90. The van der Waals surface area contributed by atoms with Crippen LogP contribution in [0.25, 0.3) is 0 Å². The molecular formula is C28H32ClN3O5S. The lowest BCUT2D eigenvalue weighted by atomic mass is 10.0. The highest BCUT2D eigenvalue weighted by Crippen LogP contribution is 2.31. The molecular weight excluding hydrogens is 526 g/mol. The lowest BCUT2D eigenvalue weighted by Crippen LogP contribution is -2.52. The summed E-state index contributed by atoms with van der Waals surface area (Å²) in [5, 5.41) is 3.13. The molecule has 0 spiro atoms. The number of amides is 2. The third kappa shape index (κ3) is 7.49. The highest BCUT2D eigenvalue weighted by atomic mass is 35.5. The van der Waals surface area contributed by atoms with Crippen molar-refractivity contribution in [2.24, 2.45) is 0 Å². The first kappa shape index (κ1) is 29.0. The fourth-order valence-corrected chi connectivity index (χ4v) is 5.20. The van der Waals surface area contributed by atoms with Crippen molar-refractivity contribution in [3.63, 3.8) is 0 Å². The maximum Gasteiger partial charge on any atom is 0.244 e. The molecule has 0 unspecified atom stereocenters. The number of carbonyl (C=O) groups excluding carboxylic acids is 2. The van der Waals surface area contributed by atoms with Gasteiger partial charge in [0.2, 0.25) is 21.8 Å². The van der Waals surface area contributed by atoms with Gasteiger partial charge in [-0.3, -0.25) is 13.9 Å². The molecule has 10 heteroatoms. The molecule has 3 aromatic rings. The summed E-state index contributed by atoms with van der Waals surface area (Å²) in [6, 6.07) is 20.5. The number of rotatable bonds is 11. The molecule has 0 aliphatic rings. The molecule has 1 atom stereocenters. The molecule has 202 valence electrons. The minimum Gasteiger partial charge on any atom is -0.495 e. The lowest BCUT2D eigenvalue weighted by molar-refractivity contribution is -0.139. The number of methoxy groups -OCH3 is 1. The van der Waals surface area contributed by atoms with E-state index in [2.05, 4.69) is 5.32 Å². The van der Waals surface area contributed by atoms with Crippen molar-refractivity contribution in [3.05, 3.63) is 94.5 Å². The Hall–Kier alpha value is -3.56. The average molecular weight is 558 g/mol. The van der Waals surface area contributed by atoms with E-state index >= 15 is 0 Å².